The van der Waals surface area contributed by atoms with Crippen LogP contribution in [0.4, 0.5) is 5.69 Å². The Morgan fingerprint density at radius 1 is 1.12 bits per heavy atom. The minimum absolute atomic E-state index is 0.805. The lowest BCUT2D eigenvalue weighted by Crippen LogP contribution is -1.82. The number of nitrogens with zero attached hydrogens (tertiary/aromatic N) is 1. The van der Waals surface area contributed by atoms with E-state index in [2.05, 4.69) is 36.2 Å². The van der Waals surface area contributed by atoms with Crippen LogP contribution in [0.2, 0.25) is 0 Å². The molecule has 0 spiro atoms. The zero-order chi connectivity index (χ0) is 11.8. The number of nitrogens with two attached hydrogens (primary N) is 1. The molecule has 0 saturated heterocycles. The molecular weight excluding hydrogens is 228 g/mol. The summed E-state index contributed by atoms with van der Waals surface area (Å²) < 4.78 is 1.07. The second-order valence-electron chi connectivity index (χ2n) is 4.08. The number of benzene rings is 2. The Kier molecular flexibility index (Phi) is 2.34. The van der Waals surface area contributed by atoms with Gasteiger partial charge >= 0.3 is 0 Å². The Balaban J connectivity index is 2.22. The summed E-state index contributed by atoms with van der Waals surface area (Å²) in [5, 5.41) is 1.03. The molecule has 17 heavy (non-hydrogen) atoms. The molecule has 0 atom stereocenters. The van der Waals surface area contributed by atoms with Crippen LogP contribution in [0.25, 0.3) is 20.8 Å². The van der Waals surface area contributed by atoms with Gasteiger partial charge in [-0.05, 0) is 25.1 Å². The Labute approximate surface area is 104 Å². The SMILES string of the molecule is Cc1cccc(-c2nc3cccc(N)c3s2)c1. The minimum atomic E-state index is 0.805. The van der Waals surface area contributed by atoms with Crippen LogP contribution < -0.4 is 5.73 Å². The lowest BCUT2D eigenvalue weighted by Gasteiger charge is -1.96. The smallest absolute Gasteiger partial charge is 0.124 e. The molecule has 0 unspecified atom stereocenters. The summed E-state index contributed by atoms with van der Waals surface area (Å²) in [5.74, 6) is 0. The van der Waals surface area contributed by atoms with E-state index in [0.717, 1.165) is 26.5 Å². The van der Waals surface area contributed by atoms with E-state index < -0.39 is 0 Å². The lowest BCUT2D eigenvalue weighted by molar-refractivity contribution is 1.43. The molecule has 0 aliphatic carbocycles. The van der Waals surface area contributed by atoms with E-state index in [-0.39, 0.29) is 0 Å². The number of fused-ring (bicyclic) bond motifs is 1. The standard InChI is InChI=1S/C14H12N2S/c1-9-4-2-5-10(8-9)14-16-12-7-3-6-11(15)13(12)17-14/h2-8H,15H2,1H3. The van der Waals surface area contributed by atoms with E-state index in [1.165, 1.54) is 5.56 Å². The molecule has 0 fully saturated rings. The van der Waals surface area contributed by atoms with Crippen molar-refractivity contribution in [2.24, 2.45) is 0 Å². The first kappa shape index (κ1) is 10.3. The first-order valence-electron chi connectivity index (χ1n) is 5.46. The van der Waals surface area contributed by atoms with Gasteiger partial charge in [0.1, 0.15) is 5.01 Å². The second-order valence-corrected chi connectivity index (χ2v) is 5.08. The van der Waals surface area contributed by atoms with Crippen LogP contribution in [0.15, 0.2) is 42.5 Å². The van der Waals surface area contributed by atoms with E-state index >= 15 is 0 Å². The molecule has 3 rings (SSSR count). The molecule has 84 valence electrons. The third-order valence-corrected chi connectivity index (χ3v) is 3.88. The molecule has 2 nitrogen and oxygen atoms in total. The molecule has 1 aromatic heterocycles. The zero-order valence-electron chi connectivity index (χ0n) is 9.47. The quantitative estimate of drug-likeness (QED) is 0.656. The van der Waals surface area contributed by atoms with Gasteiger partial charge in [-0.2, -0.15) is 0 Å². The summed E-state index contributed by atoms with van der Waals surface area (Å²) in [4.78, 5) is 4.62. The molecule has 2 aromatic carbocycles. The van der Waals surface area contributed by atoms with Crippen LogP contribution >= 0.6 is 11.3 Å². The van der Waals surface area contributed by atoms with E-state index in [9.17, 15) is 0 Å². The number of aromatic nitrogens is 1. The van der Waals surface area contributed by atoms with Gasteiger partial charge in [0, 0.05) is 5.56 Å². The van der Waals surface area contributed by atoms with Crippen molar-refractivity contribution in [3.05, 3.63) is 48.0 Å². The van der Waals surface area contributed by atoms with Gasteiger partial charge in [0.2, 0.25) is 0 Å². The van der Waals surface area contributed by atoms with Crippen molar-refractivity contribution in [2.75, 3.05) is 5.73 Å². The number of thiazole rings is 1. The van der Waals surface area contributed by atoms with Crippen molar-refractivity contribution in [3.8, 4) is 10.6 Å². The summed E-state index contributed by atoms with van der Waals surface area (Å²) in [6.07, 6.45) is 0. The summed E-state index contributed by atoms with van der Waals surface area (Å²) in [5.41, 5.74) is 10.1. The Morgan fingerprint density at radius 2 is 1.94 bits per heavy atom. The fourth-order valence-corrected chi connectivity index (χ4v) is 2.86. The lowest BCUT2D eigenvalue weighted by atomic mass is 10.1. The second kappa shape index (κ2) is 3.86. The number of hydrogen-bond acceptors (Lipinski definition) is 3. The third kappa shape index (κ3) is 1.78. The normalized spacial score (nSPS) is 10.9. The molecule has 0 aliphatic rings. The first-order chi connectivity index (χ1) is 8.24. The monoisotopic (exact) mass is 240 g/mol. The third-order valence-electron chi connectivity index (χ3n) is 2.71. The summed E-state index contributed by atoms with van der Waals surface area (Å²) >= 11 is 1.65. The van der Waals surface area contributed by atoms with Gasteiger partial charge < -0.3 is 5.73 Å². The molecule has 0 radical (unpaired) electrons. The molecular formula is C14H12N2S. The number of nitrogen functional groups attached to an aromatic ring is 1. The van der Waals surface area contributed by atoms with Crippen molar-refractivity contribution in [2.45, 2.75) is 6.92 Å². The van der Waals surface area contributed by atoms with Crippen LogP contribution in [-0.4, -0.2) is 4.98 Å². The Morgan fingerprint density at radius 3 is 2.71 bits per heavy atom. The van der Waals surface area contributed by atoms with Crippen LogP contribution in [0.3, 0.4) is 0 Å². The van der Waals surface area contributed by atoms with Crippen LogP contribution in [0, 0.1) is 6.92 Å². The number of anilines is 1. The van der Waals surface area contributed by atoms with E-state index in [1.807, 2.05) is 18.2 Å². The fourth-order valence-electron chi connectivity index (χ4n) is 1.87. The van der Waals surface area contributed by atoms with Gasteiger partial charge in [-0.25, -0.2) is 4.98 Å². The van der Waals surface area contributed by atoms with Gasteiger partial charge in [0.05, 0.1) is 15.9 Å². The highest BCUT2D eigenvalue weighted by Crippen LogP contribution is 2.33. The average molecular weight is 240 g/mol. The fraction of sp³-hybridized carbons (Fsp3) is 0.0714. The zero-order valence-corrected chi connectivity index (χ0v) is 10.3. The molecule has 1 heterocycles. The largest absolute Gasteiger partial charge is 0.398 e. The van der Waals surface area contributed by atoms with Crippen molar-refractivity contribution in [1.29, 1.82) is 0 Å². The van der Waals surface area contributed by atoms with Crippen molar-refractivity contribution in [3.63, 3.8) is 0 Å². The van der Waals surface area contributed by atoms with Gasteiger partial charge in [-0.1, -0.05) is 29.8 Å². The van der Waals surface area contributed by atoms with Gasteiger partial charge in [-0.3, -0.25) is 0 Å². The predicted octanol–water partition coefficient (Wildman–Crippen LogP) is 3.85. The molecule has 0 aliphatic heterocycles. The molecule has 2 N–H and O–H groups in total. The van der Waals surface area contributed by atoms with Gasteiger partial charge in [0.25, 0.3) is 0 Å². The summed E-state index contributed by atoms with van der Waals surface area (Å²) in [6.45, 7) is 2.09. The molecule has 0 saturated carbocycles. The van der Waals surface area contributed by atoms with Crippen molar-refractivity contribution in [1.82, 2.24) is 4.98 Å². The minimum Gasteiger partial charge on any atom is -0.398 e. The maximum Gasteiger partial charge on any atom is 0.124 e. The van der Waals surface area contributed by atoms with Gasteiger partial charge in [-0.15, -0.1) is 11.3 Å². The van der Waals surface area contributed by atoms with Crippen molar-refractivity contribution < 1.29 is 0 Å². The van der Waals surface area contributed by atoms with E-state index in [0.29, 0.717) is 0 Å². The maximum atomic E-state index is 5.95. The average Bonchev–Trinajstić information content (AvgIpc) is 2.74. The van der Waals surface area contributed by atoms with E-state index in [4.69, 9.17) is 5.73 Å². The highest BCUT2D eigenvalue weighted by Gasteiger charge is 2.07. The molecule has 3 aromatic rings. The first-order valence-corrected chi connectivity index (χ1v) is 6.28. The maximum absolute atomic E-state index is 5.95. The highest BCUT2D eigenvalue weighted by atomic mass is 32.1. The summed E-state index contributed by atoms with van der Waals surface area (Å²) in [6, 6.07) is 14.2. The number of rotatable bonds is 1. The van der Waals surface area contributed by atoms with E-state index in [1.54, 1.807) is 11.3 Å². The number of hydrogen-bond donors (Lipinski definition) is 1. The van der Waals surface area contributed by atoms with Crippen LogP contribution in [0.1, 0.15) is 5.56 Å². The van der Waals surface area contributed by atoms with Crippen LogP contribution in [-0.2, 0) is 0 Å². The Hall–Kier alpha value is -1.87. The van der Waals surface area contributed by atoms with Crippen molar-refractivity contribution >= 4 is 27.2 Å². The highest BCUT2D eigenvalue weighted by molar-refractivity contribution is 7.22. The molecule has 3 heteroatoms. The number of aryl methyl sites for hydroxylation is 1. The van der Waals surface area contributed by atoms with Gasteiger partial charge in [0.15, 0.2) is 0 Å². The van der Waals surface area contributed by atoms with Crippen LogP contribution in [0.5, 0.6) is 0 Å². The molecule has 0 bridgehead atoms. The predicted molar refractivity (Wildman–Crippen MR) is 74.2 cm³/mol. The summed E-state index contributed by atoms with van der Waals surface area (Å²) in [7, 11) is 0. The topological polar surface area (TPSA) is 38.9 Å². The Bertz CT molecular complexity index is 686. The molecule has 0 amide bonds.